The van der Waals surface area contributed by atoms with Crippen LogP contribution in [0.2, 0.25) is 18.1 Å². The summed E-state index contributed by atoms with van der Waals surface area (Å²) in [6.45, 7) is 24.5. The Labute approximate surface area is 290 Å². The number of rotatable bonds is 7. The van der Waals surface area contributed by atoms with Gasteiger partial charge in [0.1, 0.15) is 17.4 Å². The van der Waals surface area contributed by atoms with Crippen LogP contribution in [-0.2, 0) is 21.1 Å². The third-order valence-electron chi connectivity index (χ3n) is 9.72. The van der Waals surface area contributed by atoms with Gasteiger partial charge in [0.15, 0.2) is 8.32 Å². The van der Waals surface area contributed by atoms with Crippen molar-refractivity contribution in [1.29, 1.82) is 5.26 Å². The van der Waals surface area contributed by atoms with Crippen LogP contribution in [0.15, 0.2) is 30.6 Å². The lowest BCUT2D eigenvalue weighted by atomic mass is 9.83. The molecule has 0 saturated heterocycles. The third-order valence-corrected chi connectivity index (χ3v) is 14.2. The van der Waals surface area contributed by atoms with E-state index in [2.05, 4.69) is 62.3 Å². The van der Waals surface area contributed by atoms with Crippen LogP contribution in [-0.4, -0.2) is 76.3 Å². The molecule has 1 N–H and O–H groups in total. The summed E-state index contributed by atoms with van der Waals surface area (Å²) in [7, 11) is -2.16. The number of aryl methyl sites for hydroxylation is 1. The number of fused-ring (bicyclic) bond motifs is 2. The van der Waals surface area contributed by atoms with Gasteiger partial charge in [-0.25, -0.2) is 14.8 Å². The van der Waals surface area contributed by atoms with E-state index < -0.39 is 25.4 Å². The second kappa shape index (κ2) is 12.9. The normalized spacial score (nSPS) is 18.2. The molecule has 13 heteroatoms. The quantitative estimate of drug-likeness (QED) is 0.255. The lowest BCUT2D eigenvalue weighted by Gasteiger charge is -2.39. The Morgan fingerprint density at radius 2 is 1.88 bits per heavy atom. The van der Waals surface area contributed by atoms with E-state index in [1.165, 1.54) is 0 Å². The molecule has 0 aliphatic carbocycles. The Hall–Kier alpha value is -4.28. The van der Waals surface area contributed by atoms with Crippen LogP contribution in [0.3, 0.4) is 0 Å². The molecule has 0 unspecified atom stereocenters. The average molecular weight is 687 g/mol. The maximum atomic E-state index is 13.6. The molecular weight excluding hydrogens is 637 g/mol. The summed E-state index contributed by atoms with van der Waals surface area (Å²) in [5, 5.41) is 18.1. The molecule has 2 amide bonds. The summed E-state index contributed by atoms with van der Waals surface area (Å²) < 4.78 is 14.3. The zero-order chi connectivity index (χ0) is 36.1. The number of carbonyl (C=O) groups is 2. The number of nitrogens with one attached hydrogen (secondary N) is 1. The molecule has 2 aliphatic rings. The first-order valence-corrected chi connectivity index (χ1v) is 19.9. The van der Waals surface area contributed by atoms with Gasteiger partial charge >= 0.3 is 6.09 Å². The standard InChI is InChI=1S/C36H50N8O4Si/c1-23(2)42-15-12-16-44-30(31(42)45)28(20-39-44)41-32-38-14-13-27(40-32)24-17-25(19-37)29-26(18-24)36(9,22-47-49(10,11)35(6,7)8)21-43(29)33(46)48-34(3,4)5/h13-14,17-18,20,23H,12,15-16,21-22H2,1-11H3,(H,38,40,41)/t36-/m1/s1. The highest BCUT2D eigenvalue weighted by atomic mass is 28.4. The van der Waals surface area contributed by atoms with E-state index in [1.54, 1.807) is 34.1 Å². The summed E-state index contributed by atoms with van der Waals surface area (Å²) in [4.78, 5) is 39.8. The van der Waals surface area contributed by atoms with Crippen molar-refractivity contribution in [1.82, 2.24) is 24.6 Å². The Bertz CT molecular complexity index is 1800. The van der Waals surface area contributed by atoms with Crippen LogP contribution in [0.1, 0.15) is 90.3 Å². The van der Waals surface area contributed by atoms with E-state index in [0.29, 0.717) is 66.1 Å². The first-order chi connectivity index (χ1) is 22.7. The molecule has 1 aromatic carbocycles. The number of nitriles is 1. The van der Waals surface area contributed by atoms with Gasteiger partial charge in [0.2, 0.25) is 5.95 Å². The van der Waals surface area contributed by atoms with Crippen molar-refractivity contribution >= 4 is 37.6 Å². The summed E-state index contributed by atoms with van der Waals surface area (Å²) in [5.41, 5.74) is 2.63. The number of hydrogen-bond acceptors (Lipinski definition) is 9. The van der Waals surface area contributed by atoms with E-state index in [-0.39, 0.29) is 17.0 Å². The van der Waals surface area contributed by atoms with Crippen molar-refractivity contribution in [2.75, 3.05) is 29.9 Å². The maximum Gasteiger partial charge on any atom is 0.414 e. The molecule has 262 valence electrons. The Balaban J connectivity index is 1.55. The van der Waals surface area contributed by atoms with Crippen LogP contribution >= 0.6 is 0 Å². The van der Waals surface area contributed by atoms with Gasteiger partial charge in [-0.05, 0) is 82.9 Å². The Morgan fingerprint density at radius 3 is 2.51 bits per heavy atom. The highest BCUT2D eigenvalue weighted by Crippen LogP contribution is 2.47. The molecule has 12 nitrogen and oxygen atoms in total. The van der Waals surface area contributed by atoms with Crippen molar-refractivity contribution in [2.45, 2.75) is 110 Å². The molecule has 0 spiro atoms. The van der Waals surface area contributed by atoms with Crippen LogP contribution in [0.5, 0.6) is 0 Å². The number of benzene rings is 1. The van der Waals surface area contributed by atoms with Crippen molar-refractivity contribution < 1.29 is 18.8 Å². The van der Waals surface area contributed by atoms with Crippen LogP contribution < -0.4 is 10.2 Å². The highest BCUT2D eigenvalue weighted by molar-refractivity contribution is 6.74. The highest BCUT2D eigenvalue weighted by Gasteiger charge is 2.47. The zero-order valence-electron chi connectivity index (χ0n) is 30.8. The molecule has 4 heterocycles. The van der Waals surface area contributed by atoms with E-state index in [4.69, 9.17) is 14.1 Å². The molecule has 2 aliphatic heterocycles. The van der Waals surface area contributed by atoms with Gasteiger partial charge in [-0.1, -0.05) is 27.7 Å². The van der Waals surface area contributed by atoms with Gasteiger partial charge in [-0.15, -0.1) is 0 Å². The number of carbonyl (C=O) groups excluding carboxylic acids is 2. The minimum absolute atomic E-state index is 0.00847. The summed E-state index contributed by atoms with van der Waals surface area (Å²) >= 11 is 0. The number of nitrogens with zero attached hydrogens (tertiary/aromatic N) is 7. The largest absolute Gasteiger partial charge is 0.443 e. The number of hydrogen-bond donors (Lipinski definition) is 1. The number of ether oxygens (including phenoxy) is 1. The Morgan fingerprint density at radius 1 is 1.16 bits per heavy atom. The van der Waals surface area contributed by atoms with E-state index in [1.807, 2.05) is 45.6 Å². The minimum Gasteiger partial charge on any atom is -0.443 e. The summed E-state index contributed by atoms with van der Waals surface area (Å²) in [6, 6.07) is 7.92. The van der Waals surface area contributed by atoms with Crippen molar-refractivity contribution in [3.05, 3.63) is 47.4 Å². The topological polar surface area (TPSA) is 138 Å². The predicted molar refractivity (Wildman–Crippen MR) is 193 cm³/mol. The average Bonchev–Trinajstić information content (AvgIpc) is 3.48. The van der Waals surface area contributed by atoms with E-state index in [9.17, 15) is 14.9 Å². The third kappa shape index (κ3) is 7.21. The molecule has 49 heavy (non-hydrogen) atoms. The number of anilines is 3. The molecule has 0 fully saturated rings. The van der Waals surface area contributed by atoms with Gasteiger partial charge < -0.3 is 19.4 Å². The van der Waals surface area contributed by atoms with E-state index in [0.717, 1.165) is 12.0 Å². The molecule has 0 saturated carbocycles. The second-order valence-corrected chi connectivity index (χ2v) is 21.0. The molecule has 2 aromatic heterocycles. The lowest BCUT2D eigenvalue weighted by Crippen LogP contribution is -2.46. The fraction of sp³-hybridized carbons (Fsp3) is 0.556. The van der Waals surface area contributed by atoms with E-state index >= 15 is 0 Å². The minimum atomic E-state index is -2.16. The number of amides is 2. The SMILES string of the molecule is CC(C)N1CCCn2ncc(Nc3nccc(-c4cc(C#N)c5c(c4)[C@@](C)(CO[Si](C)(C)C(C)(C)C)CN5C(=O)OC(C)(C)C)n3)c2C1=O. The van der Waals surface area contributed by atoms with Crippen LogP contribution in [0, 0.1) is 11.3 Å². The Kier molecular flexibility index (Phi) is 9.46. The van der Waals surface area contributed by atoms with Crippen LogP contribution in [0.4, 0.5) is 22.1 Å². The zero-order valence-corrected chi connectivity index (χ0v) is 31.8. The van der Waals surface area contributed by atoms with Gasteiger partial charge in [0.05, 0.1) is 28.8 Å². The predicted octanol–water partition coefficient (Wildman–Crippen LogP) is 7.24. The molecule has 0 bridgehead atoms. The fourth-order valence-electron chi connectivity index (χ4n) is 5.98. The lowest BCUT2D eigenvalue weighted by molar-refractivity contribution is 0.0574. The molecule has 0 radical (unpaired) electrons. The molecule has 1 atom stereocenters. The second-order valence-electron chi connectivity index (χ2n) is 16.2. The van der Waals surface area contributed by atoms with Gasteiger partial charge in [0.25, 0.3) is 5.91 Å². The van der Waals surface area contributed by atoms with Crippen molar-refractivity contribution in [3.8, 4) is 17.3 Å². The molecule has 3 aromatic rings. The fourth-order valence-corrected chi connectivity index (χ4v) is 7.09. The van der Waals surface area contributed by atoms with Crippen molar-refractivity contribution in [3.63, 3.8) is 0 Å². The molecule has 5 rings (SSSR count). The van der Waals surface area contributed by atoms with Gasteiger partial charge in [-0.3, -0.25) is 14.4 Å². The van der Waals surface area contributed by atoms with Gasteiger partial charge in [-0.2, -0.15) is 10.4 Å². The number of aromatic nitrogens is 4. The summed E-state index contributed by atoms with van der Waals surface area (Å²) in [6.07, 6.45) is 3.58. The first kappa shape index (κ1) is 36.0. The maximum absolute atomic E-state index is 13.6. The van der Waals surface area contributed by atoms with Crippen molar-refractivity contribution in [2.24, 2.45) is 0 Å². The molecular formula is C36H50N8O4Si. The monoisotopic (exact) mass is 686 g/mol. The first-order valence-electron chi connectivity index (χ1n) is 16.9. The van der Waals surface area contributed by atoms with Gasteiger partial charge in [0, 0.05) is 49.5 Å². The smallest absolute Gasteiger partial charge is 0.414 e. The summed E-state index contributed by atoms with van der Waals surface area (Å²) in [5.74, 6) is 0.203. The van der Waals surface area contributed by atoms with Crippen LogP contribution in [0.25, 0.3) is 11.3 Å².